The van der Waals surface area contributed by atoms with Gasteiger partial charge in [0.15, 0.2) is 0 Å². The number of hydrogen-bond donors (Lipinski definition) is 3. The summed E-state index contributed by atoms with van der Waals surface area (Å²) >= 11 is 0. The Kier molecular flexibility index (Phi) is 4.37. The molecule has 104 valence electrons. The molecule has 0 spiro atoms. The lowest BCUT2D eigenvalue weighted by Crippen LogP contribution is -2.25. The van der Waals surface area contributed by atoms with E-state index in [1.807, 2.05) is 6.92 Å². The maximum atomic E-state index is 11.1. The van der Waals surface area contributed by atoms with Gasteiger partial charge < -0.3 is 15.5 Å². The van der Waals surface area contributed by atoms with Crippen molar-refractivity contribution >= 4 is 11.8 Å². The molecule has 0 radical (unpaired) electrons. The third kappa shape index (κ3) is 3.67. The van der Waals surface area contributed by atoms with Gasteiger partial charge in [0.05, 0.1) is 6.10 Å². The third-order valence-corrected chi connectivity index (χ3v) is 3.58. The van der Waals surface area contributed by atoms with Crippen LogP contribution >= 0.6 is 0 Å². The minimum Gasteiger partial charge on any atom is -0.478 e. The number of aryl methyl sites for hydroxylation is 1. The molecule has 3 N–H and O–H groups in total. The fourth-order valence-electron chi connectivity index (χ4n) is 2.55. The average Bonchev–Trinajstić information content (AvgIpc) is 2.36. The molecule has 1 fully saturated rings. The molecule has 5 heteroatoms. The van der Waals surface area contributed by atoms with Gasteiger partial charge in [0, 0.05) is 12.2 Å². The molecule has 2 rings (SSSR count). The molecule has 0 amide bonds. The van der Waals surface area contributed by atoms with Crippen LogP contribution in [0.4, 0.5) is 5.82 Å². The number of rotatable bonds is 4. The fourth-order valence-corrected chi connectivity index (χ4v) is 2.55. The molecule has 0 aromatic carbocycles. The summed E-state index contributed by atoms with van der Waals surface area (Å²) in [6, 6.07) is 3.27. The van der Waals surface area contributed by atoms with Gasteiger partial charge in [-0.05, 0) is 44.2 Å². The van der Waals surface area contributed by atoms with E-state index in [4.69, 9.17) is 5.11 Å². The van der Waals surface area contributed by atoms with E-state index in [2.05, 4.69) is 10.3 Å². The zero-order chi connectivity index (χ0) is 13.8. The number of nitrogens with one attached hydrogen (secondary N) is 1. The van der Waals surface area contributed by atoms with Crippen molar-refractivity contribution in [1.82, 2.24) is 4.98 Å². The number of aromatic carboxylic acids is 1. The summed E-state index contributed by atoms with van der Waals surface area (Å²) in [5.41, 5.74) is 0.984. The Balaban J connectivity index is 2.02. The number of aliphatic hydroxyl groups is 1. The van der Waals surface area contributed by atoms with E-state index in [0.29, 0.717) is 18.3 Å². The number of aromatic nitrogens is 1. The van der Waals surface area contributed by atoms with Crippen LogP contribution in [0, 0.1) is 12.8 Å². The molecule has 1 heterocycles. The molecular weight excluding hydrogens is 244 g/mol. The smallest absolute Gasteiger partial charge is 0.339 e. The molecule has 2 unspecified atom stereocenters. The van der Waals surface area contributed by atoms with Crippen molar-refractivity contribution in [3.63, 3.8) is 0 Å². The van der Waals surface area contributed by atoms with Crippen molar-refractivity contribution in [3.05, 3.63) is 23.4 Å². The largest absolute Gasteiger partial charge is 0.478 e. The normalized spacial score (nSPS) is 23.1. The number of nitrogens with zero attached hydrogens (tertiary/aromatic N) is 1. The molecule has 19 heavy (non-hydrogen) atoms. The first kappa shape index (κ1) is 13.8. The summed E-state index contributed by atoms with van der Waals surface area (Å²) in [5, 5.41) is 21.9. The van der Waals surface area contributed by atoms with Crippen LogP contribution in [0.2, 0.25) is 0 Å². The quantitative estimate of drug-likeness (QED) is 0.775. The second-order valence-electron chi connectivity index (χ2n) is 5.22. The number of carboxylic acids is 1. The number of aliphatic hydroxyl groups excluding tert-OH is 1. The second kappa shape index (κ2) is 6.02. The number of hydrogen-bond acceptors (Lipinski definition) is 4. The van der Waals surface area contributed by atoms with Gasteiger partial charge in [0.1, 0.15) is 11.4 Å². The number of pyridine rings is 1. The van der Waals surface area contributed by atoms with Crippen molar-refractivity contribution in [2.45, 2.75) is 38.7 Å². The fraction of sp³-hybridized carbons (Fsp3) is 0.571. The molecule has 1 aromatic rings. The Morgan fingerprint density at radius 2 is 2.26 bits per heavy atom. The van der Waals surface area contributed by atoms with Gasteiger partial charge in [-0.3, -0.25) is 0 Å². The van der Waals surface area contributed by atoms with Crippen LogP contribution in [0.5, 0.6) is 0 Å². The molecule has 2 atom stereocenters. The molecule has 0 saturated heterocycles. The molecular formula is C14H20N2O3. The predicted octanol–water partition coefficient (Wildman–Crippen LogP) is 2.05. The Hall–Kier alpha value is -1.62. The van der Waals surface area contributed by atoms with Crippen molar-refractivity contribution in [2.75, 3.05) is 11.9 Å². The van der Waals surface area contributed by atoms with E-state index in [1.54, 1.807) is 12.1 Å². The highest BCUT2D eigenvalue weighted by Crippen LogP contribution is 2.25. The summed E-state index contributed by atoms with van der Waals surface area (Å²) in [6.07, 6.45) is 3.53. The van der Waals surface area contributed by atoms with E-state index < -0.39 is 5.97 Å². The van der Waals surface area contributed by atoms with Gasteiger partial charge >= 0.3 is 5.97 Å². The van der Waals surface area contributed by atoms with E-state index in [1.165, 1.54) is 0 Å². The van der Waals surface area contributed by atoms with E-state index in [9.17, 15) is 9.90 Å². The van der Waals surface area contributed by atoms with Crippen LogP contribution in [-0.4, -0.2) is 33.8 Å². The zero-order valence-corrected chi connectivity index (χ0v) is 11.1. The van der Waals surface area contributed by atoms with Crippen LogP contribution in [0.3, 0.4) is 0 Å². The Bertz CT molecular complexity index is 462. The molecule has 1 aliphatic rings. The highest BCUT2D eigenvalue weighted by Gasteiger charge is 2.20. The van der Waals surface area contributed by atoms with Gasteiger partial charge in [-0.15, -0.1) is 0 Å². The maximum Gasteiger partial charge on any atom is 0.339 e. The standard InChI is InChI=1S/C14H20N2O3/c1-9-5-6-12(14(18)19)13(16-9)15-8-10-3-2-4-11(17)7-10/h5-6,10-11,17H,2-4,7-8H2,1H3,(H,15,16)(H,18,19). The molecule has 1 aromatic heterocycles. The zero-order valence-electron chi connectivity index (χ0n) is 11.1. The summed E-state index contributed by atoms with van der Waals surface area (Å²) in [5.74, 6) is -0.168. The molecule has 0 bridgehead atoms. The van der Waals surface area contributed by atoms with E-state index >= 15 is 0 Å². The first-order valence-electron chi connectivity index (χ1n) is 6.69. The summed E-state index contributed by atoms with van der Waals surface area (Å²) in [7, 11) is 0. The number of carboxylic acid groups (broad SMARTS) is 1. The maximum absolute atomic E-state index is 11.1. The lowest BCUT2D eigenvalue weighted by molar-refractivity contribution is 0.0697. The lowest BCUT2D eigenvalue weighted by Gasteiger charge is -2.26. The Labute approximate surface area is 112 Å². The molecule has 1 aliphatic carbocycles. The molecule has 5 nitrogen and oxygen atoms in total. The number of anilines is 1. The minimum absolute atomic E-state index is 0.196. The highest BCUT2D eigenvalue weighted by molar-refractivity contribution is 5.93. The van der Waals surface area contributed by atoms with Crippen molar-refractivity contribution in [3.8, 4) is 0 Å². The molecule has 0 aliphatic heterocycles. The predicted molar refractivity (Wildman–Crippen MR) is 72.4 cm³/mol. The van der Waals surface area contributed by atoms with Crippen LogP contribution in [-0.2, 0) is 0 Å². The minimum atomic E-state index is -0.973. The monoisotopic (exact) mass is 264 g/mol. The van der Waals surface area contributed by atoms with Crippen LogP contribution in [0.15, 0.2) is 12.1 Å². The van der Waals surface area contributed by atoms with Crippen molar-refractivity contribution < 1.29 is 15.0 Å². The van der Waals surface area contributed by atoms with Crippen molar-refractivity contribution in [1.29, 1.82) is 0 Å². The van der Waals surface area contributed by atoms with E-state index in [-0.39, 0.29) is 11.7 Å². The Morgan fingerprint density at radius 3 is 2.95 bits per heavy atom. The first-order chi connectivity index (χ1) is 9.06. The van der Waals surface area contributed by atoms with Crippen LogP contribution < -0.4 is 5.32 Å². The van der Waals surface area contributed by atoms with Gasteiger partial charge in [-0.1, -0.05) is 6.42 Å². The number of carbonyl (C=O) groups is 1. The SMILES string of the molecule is Cc1ccc(C(=O)O)c(NCC2CCCC(O)C2)n1. The lowest BCUT2D eigenvalue weighted by atomic mass is 9.87. The Morgan fingerprint density at radius 1 is 1.47 bits per heavy atom. The third-order valence-electron chi connectivity index (χ3n) is 3.58. The van der Waals surface area contributed by atoms with Gasteiger partial charge in [-0.25, -0.2) is 9.78 Å². The van der Waals surface area contributed by atoms with Crippen LogP contribution in [0.25, 0.3) is 0 Å². The van der Waals surface area contributed by atoms with Gasteiger partial charge in [0.25, 0.3) is 0 Å². The topological polar surface area (TPSA) is 82.5 Å². The van der Waals surface area contributed by atoms with Gasteiger partial charge in [0.2, 0.25) is 0 Å². The second-order valence-corrected chi connectivity index (χ2v) is 5.22. The first-order valence-corrected chi connectivity index (χ1v) is 6.69. The van der Waals surface area contributed by atoms with E-state index in [0.717, 1.165) is 31.4 Å². The van der Waals surface area contributed by atoms with Crippen molar-refractivity contribution in [2.24, 2.45) is 5.92 Å². The summed E-state index contributed by atoms with van der Waals surface area (Å²) < 4.78 is 0. The van der Waals surface area contributed by atoms with Gasteiger partial charge in [-0.2, -0.15) is 0 Å². The average molecular weight is 264 g/mol. The van der Waals surface area contributed by atoms with Crippen LogP contribution in [0.1, 0.15) is 41.7 Å². The summed E-state index contributed by atoms with van der Waals surface area (Å²) in [6.45, 7) is 2.50. The highest BCUT2D eigenvalue weighted by atomic mass is 16.4. The summed E-state index contributed by atoms with van der Waals surface area (Å²) in [4.78, 5) is 15.4. The molecule has 1 saturated carbocycles.